The first-order chi connectivity index (χ1) is 5.70. The summed E-state index contributed by atoms with van der Waals surface area (Å²) >= 11 is 1.40. The summed E-state index contributed by atoms with van der Waals surface area (Å²) in [6.07, 6.45) is 3.95. The second kappa shape index (κ2) is 4.52. The Morgan fingerprint density at radius 1 is 1.50 bits per heavy atom. The van der Waals surface area contributed by atoms with Crippen molar-refractivity contribution in [2.75, 3.05) is 0 Å². The Morgan fingerprint density at radius 2 is 2.25 bits per heavy atom. The fourth-order valence-electron chi connectivity index (χ4n) is 0.993. The smallest absolute Gasteiger partial charge is 0.0669 e. The summed E-state index contributed by atoms with van der Waals surface area (Å²) in [5.41, 5.74) is 5.92. The van der Waals surface area contributed by atoms with Gasteiger partial charge in [0.1, 0.15) is 0 Å². The van der Waals surface area contributed by atoms with Crippen molar-refractivity contribution < 1.29 is 0 Å². The predicted octanol–water partition coefficient (Wildman–Crippen LogP) is 1.97. The number of nitrogens with zero attached hydrogens (tertiary/aromatic N) is 2. The van der Waals surface area contributed by atoms with Crippen LogP contribution in [0.4, 0.5) is 0 Å². The SMILES string of the molecule is CC(C)CCC(N)c1cnns1. The highest BCUT2D eigenvalue weighted by Gasteiger charge is 2.08. The van der Waals surface area contributed by atoms with E-state index in [0.717, 1.165) is 17.2 Å². The van der Waals surface area contributed by atoms with Gasteiger partial charge in [-0.1, -0.05) is 18.3 Å². The van der Waals surface area contributed by atoms with E-state index >= 15 is 0 Å². The molecule has 1 heterocycles. The quantitative estimate of drug-likeness (QED) is 0.780. The van der Waals surface area contributed by atoms with Gasteiger partial charge in [-0.3, -0.25) is 0 Å². The van der Waals surface area contributed by atoms with Crippen LogP contribution in [0.1, 0.15) is 37.6 Å². The van der Waals surface area contributed by atoms with Gasteiger partial charge in [0.15, 0.2) is 0 Å². The third-order valence-corrected chi connectivity index (χ3v) is 2.59. The zero-order valence-corrected chi connectivity index (χ0v) is 8.34. The molecule has 4 heteroatoms. The average molecular weight is 185 g/mol. The Kier molecular flexibility index (Phi) is 3.62. The lowest BCUT2D eigenvalue weighted by Gasteiger charge is -2.09. The summed E-state index contributed by atoms with van der Waals surface area (Å²) in [7, 11) is 0. The van der Waals surface area contributed by atoms with Gasteiger partial charge in [-0.15, -0.1) is 5.10 Å². The second-order valence-electron chi connectivity index (χ2n) is 3.40. The summed E-state index contributed by atoms with van der Waals surface area (Å²) in [4.78, 5) is 1.09. The molecule has 1 atom stereocenters. The predicted molar refractivity (Wildman–Crippen MR) is 50.9 cm³/mol. The maximum Gasteiger partial charge on any atom is 0.0669 e. The molecule has 0 spiro atoms. The van der Waals surface area contributed by atoms with Gasteiger partial charge in [0.25, 0.3) is 0 Å². The number of nitrogens with two attached hydrogens (primary N) is 1. The Balaban J connectivity index is 2.34. The molecular formula is C8H15N3S. The molecule has 2 N–H and O–H groups in total. The van der Waals surface area contributed by atoms with Gasteiger partial charge in [-0.05, 0) is 30.3 Å². The monoisotopic (exact) mass is 185 g/mol. The molecule has 0 radical (unpaired) electrons. The van der Waals surface area contributed by atoms with Gasteiger partial charge in [0.2, 0.25) is 0 Å². The molecule has 0 saturated heterocycles. The third kappa shape index (κ3) is 2.87. The molecule has 0 aromatic carbocycles. The molecule has 1 unspecified atom stereocenters. The second-order valence-corrected chi connectivity index (χ2v) is 4.21. The standard InChI is InChI=1S/C8H15N3S/c1-6(2)3-4-7(9)8-5-10-11-12-8/h5-7H,3-4,9H2,1-2H3. The van der Waals surface area contributed by atoms with Crippen molar-refractivity contribution in [2.24, 2.45) is 11.7 Å². The van der Waals surface area contributed by atoms with E-state index in [4.69, 9.17) is 5.73 Å². The lowest BCUT2D eigenvalue weighted by molar-refractivity contribution is 0.510. The molecule has 0 bridgehead atoms. The molecule has 1 aromatic heterocycles. The van der Waals surface area contributed by atoms with Crippen molar-refractivity contribution >= 4 is 11.5 Å². The van der Waals surface area contributed by atoms with Crippen molar-refractivity contribution in [3.8, 4) is 0 Å². The van der Waals surface area contributed by atoms with Crippen LogP contribution >= 0.6 is 11.5 Å². The third-order valence-electron chi connectivity index (χ3n) is 1.80. The topological polar surface area (TPSA) is 51.8 Å². The molecule has 68 valence electrons. The van der Waals surface area contributed by atoms with Crippen LogP contribution in [0.25, 0.3) is 0 Å². The first-order valence-electron chi connectivity index (χ1n) is 4.23. The summed E-state index contributed by atoms with van der Waals surface area (Å²) in [6, 6.07) is 0.132. The number of aromatic nitrogens is 2. The highest BCUT2D eigenvalue weighted by molar-refractivity contribution is 7.05. The maximum absolute atomic E-state index is 5.92. The van der Waals surface area contributed by atoms with Gasteiger partial charge in [-0.2, -0.15) is 0 Å². The molecule has 1 rings (SSSR count). The summed E-state index contributed by atoms with van der Waals surface area (Å²) in [5.74, 6) is 0.719. The van der Waals surface area contributed by atoms with Crippen LogP contribution in [0.2, 0.25) is 0 Å². The van der Waals surface area contributed by atoms with Crippen LogP contribution in [0.3, 0.4) is 0 Å². The van der Waals surface area contributed by atoms with Crippen molar-refractivity contribution in [3.05, 3.63) is 11.1 Å². The lowest BCUT2D eigenvalue weighted by Crippen LogP contribution is -2.09. The van der Waals surface area contributed by atoms with Gasteiger partial charge in [0.05, 0.1) is 11.1 Å². The van der Waals surface area contributed by atoms with Crippen LogP contribution in [0, 0.1) is 5.92 Å². The molecule has 12 heavy (non-hydrogen) atoms. The minimum absolute atomic E-state index is 0.132. The Bertz CT molecular complexity index is 208. The summed E-state index contributed by atoms with van der Waals surface area (Å²) in [5, 5.41) is 3.76. The molecule has 0 aliphatic carbocycles. The zero-order chi connectivity index (χ0) is 8.97. The van der Waals surface area contributed by atoms with Crippen LogP contribution < -0.4 is 5.73 Å². The van der Waals surface area contributed by atoms with E-state index in [-0.39, 0.29) is 6.04 Å². The minimum Gasteiger partial charge on any atom is -0.323 e. The first kappa shape index (κ1) is 9.61. The molecule has 0 aliphatic rings. The Hall–Kier alpha value is -0.480. The van der Waals surface area contributed by atoms with E-state index in [0.29, 0.717) is 0 Å². The zero-order valence-electron chi connectivity index (χ0n) is 7.53. The Morgan fingerprint density at radius 3 is 2.75 bits per heavy atom. The number of rotatable bonds is 4. The van der Waals surface area contributed by atoms with Gasteiger partial charge >= 0.3 is 0 Å². The van der Waals surface area contributed by atoms with Gasteiger partial charge in [0, 0.05) is 6.04 Å². The number of hydrogen-bond acceptors (Lipinski definition) is 4. The van der Waals surface area contributed by atoms with E-state index in [1.54, 1.807) is 6.20 Å². The van der Waals surface area contributed by atoms with Crippen molar-refractivity contribution in [1.29, 1.82) is 0 Å². The number of hydrogen-bond donors (Lipinski definition) is 1. The average Bonchev–Trinajstić information content (AvgIpc) is 2.51. The van der Waals surface area contributed by atoms with Crippen LogP contribution in [-0.4, -0.2) is 9.59 Å². The molecule has 0 amide bonds. The first-order valence-corrected chi connectivity index (χ1v) is 5.00. The Labute approximate surface area is 77.2 Å². The summed E-state index contributed by atoms with van der Waals surface area (Å²) < 4.78 is 3.78. The van der Waals surface area contributed by atoms with Gasteiger partial charge in [-0.25, -0.2) is 0 Å². The molecule has 0 saturated carbocycles. The van der Waals surface area contributed by atoms with Crippen LogP contribution in [0.5, 0.6) is 0 Å². The van der Waals surface area contributed by atoms with E-state index in [9.17, 15) is 0 Å². The largest absolute Gasteiger partial charge is 0.323 e. The maximum atomic E-state index is 5.92. The van der Waals surface area contributed by atoms with E-state index in [1.165, 1.54) is 18.0 Å². The fourth-order valence-corrected chi connectivity index (χ4v) is 1.53. The van der Waals surface area contributed by atoms with E-state index in [2.05, 4.69) is 23.4 Å². The van der Waals surface area contributed by atoms with Crippen molar-refractivity contribution in [1.82, 2.24) is 9.59 Å². The molecule has 3 nitrogen and oxygen atoms in total. The molecule has 1 aromatic rings. The van der Waals surface area contributed by atoms with E-state index in [1.807, 2.05) is 0 Å². The highest BCUT2D eigenvalue weighted by Crippen LogP contribution is 2.19. The van der Waals surface area contributed by atoms with Gasteiger partial charge < -0.3 is 5.73 Å². The minimum atomic E-state index is 0.132. The molecular weight excluding hydrogens is 170 g/mol. The van der Waals surface area contributed by atoms with Crippen molar-refractivity contribution in [2.45, 2.75) is 32.7 Å². The van der Waals surface area contributed by atoms with Crippen LogP contribution in [-0.2, 0) is 0 Å². The molecule has 0 aliphatic heterocycles. The highest BCUT2D eigenvalue weighted by atomic mass is 32.1. The summed E-state index contributed by atoms with van der Waals surface area (Å²) in [6.45, 7) is 4.41. The molecule has 0 fully saturated rings. The lowest BCUT2D eigenvalue weighted by atomic mass is 10.0. The fraction of sp³-hybridized carbons (Fsp3) is 0.750. The van der Waals surface area contributed by atoms with E-state index < -0.39 is 0 Å². The normalized spacial score (nSPS) is 13.7. The van der Waals surface area contributed by atoms with Crippen LogP contribution in [0.15, 0.2) is 6.20 Å². The van der Waals surface area contributed by atoms with Crippen molar-refractivity contribution in [3.63, 3.8) is 0 Å².